The molecule has 0 radical (unpaired) electrons. The highest BCUT2D eigenvalue weighted by Crippen LogP contribution is 2.47. The zero-order chi connectivity index (χ0) is 39.6. The first-order chi connectivity index (χ1) is 29.6. The van der Waals surface area contributed by atoms with E-state index in [1.54, 1.807) is 12.1 Å². The van der Waals surface area contributed by atoms with Crippen LogP contribution in [0, 0.1) is 11.6 Å². The Morgan fingerprint density at radius 2 is 0.650 bits per heavy atom. The smallest absolute Gasteiger partial charge is 0.147 e. The maximum Gasteiger partial charge on any atom is 0.147 e. The molecule has 0 aliphatic heterocycles. The standard InChI is InChI=1S/C54H32F2N4/c55-45-21-7-9-23-49(45)57(33-13-3-1-4-14-33)35-25-27-47-41(29-35)37-17-11-19-39-43-32-52-44(31-51(43)59(47)53(37)39)40-20-12-18-38-42-30-36(26-28-48(42)60(52)54(38)40)58(34-15-5-2-6-16-34)50-24-10-8-22-46(50)56/h1-32H. The summed E-state index contributed by atoms with van der Waals surface area (Å²) in [6.07, 6.45) is 0. The molecule has 0 unspecified atom stereocenters. The third kappa shape index (κ3) is 4.47. The van der Waals surface area contributed by atoms with Gasteiger partial charge < -0.3 is 18.6 Å². The van der Waals surface area contributed by atoms with E-state index in [4.69, 9.17) is 0 Å². The lowest BCUT2D eigenvalue weighted by Gasteiger charge is -2.26. The molecule has 4 heterocycles. The van der Waals surface area contributed by atoms with Crippen LogP contribution in [0.1, 0.15) is 0 Å². The van der Waals surface area contributed by atoms with Crippen LogP contribution in [0.15, 0.2) is 194 Å². The summed E-state index contributed by atoms with van der Waals surface area (Å²) >= 11 is 0. The molecule has 60 heavy (non-hydrogen) atoms. The van der Waals surface area contributed by atoms with Crippen LogP contribution in [0.25, 0.3) is 76.2 Å². The Morgan fingerprint density at radius 1 is 0.283 bits per heavy atom. The fraction of sp³-hybridized carbons (Fsp3) is 0. The van der Waals surface area contributed by atoms with Gasteiger partial charge in [-0.2, -0.15) is 0 Å². The van der Waals surface area contributed by atoms with Crippen molar-refractivity contribution >= 4 is 110 Å². The molecule has 282 valence electrons. The lowest BCUT2D eigenvalue weighted by molar-refractivity contribution is 0.628. The number of para-hydroxylation sites is 6. The number of hydrogen-bond donors (Lipinski definition) is 0. The third-order valence-electron chi connectivity index (χ3n) is 12.4. The van der Waals surface area contributed by atoms with Crippen LogP contribution in [-0.2, 0) is 0 Å². The monoisotopic (exact) mass is 774 g/mol. The van der Waals surface area contributed by atoms with E-state index < -0.39 is 0 Å². The molecule has 4 nitrogen and oxygen atoms in total. The number of nitrogens with zero attached hydrogens (tertiary/aromatic N) is 4. The first-order valence-electron chi connectivity index (χ1n) is 20.2. The van der Waals surface area contributed by atoms with Crippen molar-refractivity contribution in [1.82, 2.24) is 8.80 Å². The number of halogens is 2. The predicted molar refractivity (Wildman–Crippen MR) is 245 cm³/mol. The van der Waals surface area contributed by atoms with E-state index in [0.717, 1.165) is 66.4 Å². The lowest BCUT2D eigenvalue weighted by atomic mass is 10.0. The van der Waals surface area contributed by atoms with E-state index in [-0.39, 0.29) is 11.6 Å². The van der Waals surface area contributed by atoms with Gasteiger partial charge in [0.25, 0.3) is 0 Å². The maximum atomic E-state index is 15.5. The second-order valence-corrected chi connectivity index (χ2v) is 15.6. The first-order valence-corrected chi connectivity index (χ1v) is 20.2. The SMILES string of the molecule is Fc1ccccc1N(c1ccccc1)c1ccc2c(c1)c1cccc3c4cc5c(cc4n2c13)c1cccc2c3cc(N(c4ccccc4)c4ccccc4F)ccc3n5c21. The summed E-state index contributed by atoms with van der Waals surface area (Å²) in [6.45, 7) is 0. The maximum absolute atomic E-state index is 15.5. The highest BCUT2D eigenvalue weighted by molar-refractivity contribution is 6.29. The third-order valence-corrected chi connectivity index (χ3v) is 12.4. The van der Waals surface area contributed by atoms with Crippen LogP contribution in [0.4, 0.5) is 42.9 Å². The molecule has 0 spiro atoms. The van der Waals surface area contributed by atoms with Gasteiger partial charge in [0.2, 0.25) is 0 Å². The fourth-order valence-electron chi connectivity index (χ4n) is 9.98. The van der Waals surface area contributed by atoms with Gasteiger partial charge in [0.1, 0.15) is 11.6 Å². The van der Waals surface area contributed by atoms with Crippen molar-refractivity contribution in [3.63, 3.8) is 0 Å². The minimum absolute atomic E-state index is 0.277. The van der Waals surface area contributed by atoms with E-state index in [9.17, 15) is 0 Å². The minimum atomic E-state index is -0.277. The first kappa shape index (κ1) is 33.1. The van der Waals surface area contributed by atoms with E-state index in [2.05, 4.69) is 93.7 Å². The lowest BCUT2D eigenvalue weighted by Crippen LogP contribution is -2.11. The normalized spacial score (nSPS) is 12.2. The molecule has 0 atom stereocenters. The summed E-state index contributed by atoms with van der Waals surface area (Å²) in [6, 6.07) is 64.7. The topological polar surface area (TPSA) is 15.3 Å². The molecule has 0 aliphatic rings. The van der Waals surface area contributed by atoms with E-state index in [1.165, 1.54) is 44.7 Å². The summed E-state index contributed by atoms with van der Waals surface area (Å²) in [5, 5.41) is 9.28. The molecule has 6 heteroatoms. The Hall–Kier alpha value is -7.96. The molecule has 0 bridgehead atoms. The summed E-state index contributed by atoms with van der Waals surface area (Å²) in [7, 11) is 0. The van der Waals surface area contributed by atoms with Gasteiger partial charge >= 0.3 is 0 Å². The van der Waals surface area contributed by atoms with Crippen molar-refractivity contribution in [2.75, 3.05) is 9.80 Å². The highest BCUT2D eigenvalue weighted by atomic mass is 19.1. The Morgan fingerprint density at radius 3 is 1.05 bits per heavy atom. The number of benzene rings is 9. The van der Waals surface area contributed by atoms with Crippen molar-refractivity contribution in [2.24, 2.45) is 0 Å². The molecule has 0 fully saturated rings. The molecule has 0 amide bonds. The van der Waals surface area contributed by atoms with Crippen molar-refractivity contribution in [2.45, 2.75) is 0 Å². The van der Waals surface area contributed by atoms with Gasteiger partial charge in [0.05, 0.1) is 44.5 Å². The summed E-state index contributed by atoms with van der Waals surface area (Å²) in [5.74, 6) is -0.555. The van der Waals surface area contributed by atoms with Gasteiger partial charge in [-0.25, -0.2) is 8.78 Å². The molecular weight excluding hydrogens is 743 g/mol. The average Bonchev–Trinajstić information content (AvgIpc) is 4.01. The van der Waals surface area contributed by atoms with Gasteiger partial charge in [0.15, 0.2) is 0 Å². The Bertz CT molecular complexity index is 3560. The zero-order valence-electron chi connectivity index (χ0n) is 32.0. The molecule has 0 saturated heterocycles. The zero-order valence-corrected chi connectivity index (χ0v) is 32.0. The summed E-state index contributed by atoms with van der Waals surface area (Å²) in [5.41, 5.74) is 11.4. The van der Waals surface area contributed by atoms with Crippen molar-refractivity contribution in [3.8, 4) is 0 Å². The molecule has 13 aromatic rings. The quantitative estimate of drug-likeness (QED) is 0.167. The van der Waals surface area contributed by atoms with Gasteiger partial charge in [0, 0.05) is 65.8 Å². The molecule has 9 aromatic carbocycles. The second-order valence-electron chi connectivity index (χ2n) is 15.6. The Labute approximate surface area is 342 Å². The second kappa shape index (κ2) is 12.3. The predicted octanol–water partition coefficient (Wildman–Crippen LogP) is 15.2. The molecule has 0 N–H and O–H groups in total. The van der Waals surface area contributed by atoms with Crippen LogP contribution in [-0.4, -0.2) is 8.80 Å². The van der Waals surface area contributed by atoms with E-state index in [1.807, 2.05) is 94.7 Å². The molecule has 0 aliphatic carbocycles. The van der Waals surface area contributed by atoms with Gasteiger partial charge in [-0.1, -0.05) is 97.1 Å². The number of rotatable bonds is 6. The van der Waals surface area contributed by atoms with Crippen LogP contribution >= 0.6 is 0 Å². The van der Waals surface area contributed by atoms with Crippen LogP contribution in [0.3, 0.4) is 0 Å². The molecule has 13 rings (SSSR count). The number of fused-ring (bicyclic) bond motifs is 12. The number of anilines is 6. The van der Waals surface area contributed by atoms with Crippen LogP contribution in [0.2, 0.25) is 0 Å². The molecule has 0 saturated carbocycles. The Balaban J connectivity index is 1.03. The number of hydrogen-bond acceptors (Lipinski definition) is 2. The minimum Gasteiger partial charge on any atom is -0.308 e. The molecular formula is C54H32F2N4. The van der Waals surface area contributed by atoms with Gasteiger partial charge in [-0.05, 0) is 97.1 Å². The fourth-order valence-corrected chi connectivity index (χ4v) is 9.98. The summed E-state index contributed by atoms with van der Waals surface area (Å²) in [4.78, 5) is 3.99. The van der Waals surface area contributed by atoms with Crippen molar-refractivity contribution in [3.05, 3.63) is 206 Å². The highest BCUT2D eigenvalue weighted by Gasteiger charge is 2.25. The van der Waals surface area contributed by atoms with Crippen LogP contribution in [0.5, 0.6) is 0 Å². The Kier molecular flexibility index (Phi) is 6.76. The van der Waals surface area contributed by atoms with Crippen LogP contribution < -0.4 is 9.80 Å². The average molecular weight is 775 g/mol. The van der Waals surface area contributed by atoms with Gasteiger partial charge in [-0.15, -0.1) is 0 Å². The van der Waals surface area contributed by atoms with Crippen molar-refractivity contribution < 1.29 is 8.78 Å². The van der Waals surface area contributed by atoms with Gasteiger partial charge in [-0.3, -0.25) is 0 Å². The van der Waals surface area contributed by atoms with Crippen molar-refractivity contribution in [1.29, 1.82) is 0 Å². The van der Waals surface area contributed by atoms with E-state index in [0.29, 0.717) is 11.4 Å². The summed E-state index contributed by atoms with van der Waals surface area (Å²) < 4.78 is 35.8. The van der Waals surface area contributed by atoms with E-state index >= 15 is 8.78 Å². The largest absolute Gasteiger partial charge is 0.308 e. The molecule has 4 aromatic heterocycles. The number of aromatic nitrogens is 2.